The van der Waals surface area contributed by atoms with E-state index in [9.17, 15) is 0 Å². The highest BCUT2D eigenvalue weighted by atomic mass is 14.8. The zero-order chi connectivity index (χ0) is 21.9. The van der Waals surface area contributed by atoms with Gasteiger partial charge in [-0.25, -0.2) is 0 Å². The van der Waals surface area contributed by atoms with Crippen molar-refractivity contribution in [2.24, 2.45) is 4.99 Å². The van der Waals surface area contributed by atoms with Gasteiger partial charge in [0.25, 0.3) is 0 Å². The molecule has 2 atom stereocenters. The molecule has 0 bridgehead atoms. The number of nitrogens with zero attached hydrogens (tertiary/aromatic N) is 1. The zero-order valence-electron chi connectivity index (χ0n) is 19.5. The summed E-state index contributed by atoms with van der Waals surface area (Å²) >= 11 is 0. The van der Waals surface area contributed by atoms with Crippen molar-refractivity contribution in [1.29, 1.82) is 0 Å². The number of aliphatic imine (C=N–C) groups is 1. The second kappa shape index (κ2) is 12.1. The van der Waals surface area contributed by atoms with E-state index in [0.29, 0.717) is 11.8 Å². The van der Waals surface area contributed by atoms with Crippen LogP contribution in [0.1, 0.15) is 77.4 Å². The third kappa shape index (κ3) is 6.99. The van der Waals surface area contributed by atoms with Gasteiger partial charge in [0.1, 0.15) is 0 Å². The largest absolute Gasteiger partial charge is 0.260 e. The van der Waals surface area contributed by atoms with Crippen LogP contribution >= 0.6 is 0 Å². The molecule has 0 N–H and O–H groups in total. The molecule has 1 heteroatoms. The zero-order valence-corrected chi connectivity index (χ0v) is 19.5. The standard InChI is InChI=1S/C17H20.C10H11N.C2H6.H2/c1-14-8-6-7-9-16(12-14)13-15(2)17-10-4-3-5-11-17;1-7-3-4-9-8(2)6-11-10(9)5-7;1-2;/h3-6,8-12,15H,7,13H2,1-2H3;3-6,8H,1-2H3;1-2H3;1H/t15-;;;/m1.../s1. The molecule has 0 saturated carbocycles. The third-order valence-corrected chi connectivity index (χ3v) is 5.33. The number of allylic oxidation sites excluding steroid dienone is 6. The quantitative estimate of drug-likeness (QED) is 0.486. The Hall–Kier alpha value is -2.67. The summed E-state index contributed by atoms with van der Waals surface area (Å²) in [5.74, 6) is 1.09. The lowest BCUT2D eigenvalue weighted by atomic mass is 9.93. The summed E-state index contributed by atoms with van der Waals surface area (Å²) in [6.45, 7) is 12.7. The first-order chi connectivity index (χ1) is 14.5. The van der Waals surface area contributed by atoms with Crippen molar-refractivity contribution >= 4 is 11.9 Å². The monoisotopic (exact) mass is 401 g/mol. The molecule has 4 rings (SSSR count). The van der Waals surface area contributed by atoms with Crippen molar-refractivity contribution in [3.8, 4) is 0 Å². The van der Waals surface area contributed by atoms with E-state index in [-0.39, 0.29) is 1.43 Å². The molecule has 1 unspecified atom stereocenters. The van der Waals surface area contributed by atoms with E-state index < -0.39 is 0 Å². The Bertz CT molecular complexity index is 919. The van der Waals surface area contributed by atoms with Gasteiger partial charge in [-0.1, -0.05) is 106 Å². The minimum Gasteiger partial charge on any atom is -0.260 e. The number of fused-ring (bicyclic) bond motifs is 1. The lowest BCUT2D eigenvalue weighted by Crippen LogP contribution is -1.94. The molecule has 2 aliphatic rings. The fraction of sp³-hybridized carbons (Fsp3) is 0.345. The average molecular weight is 402 g/mol. The van der Waals surface area contributed by atoms with Gasteiger partial charge < -0.3 is 0 Å². The summed E-state index contributed by atoms with van der Waals surface area (Å²) in [7, 11) is 0. The topological polar surface area (TPSA) is 12.4 Å². The molecule has 0 spiro atoms. The Balaban J connectivity index is 0.000000298. The van der Waals surface area contributed by atoms with E-state index in [0.717, 1.165) is 18.5 Å². The first-order valence-corrected chi connectivity index (χ1v) is 11.3. The fourth-order valence-corrected chi connectivity index (χ4v) is 3.69. The molecule has 2 aromatic carbocycles. The predicted octanol–water partition coefficient (Wildman–Crippen LogP) is 9.10. The Morgan fingerprint density at radius 1 is 1.07 bits per heavy atom. The average Bonchev–Trinajstić information content (AvgIpc) is 3.00. The van der Waals surface area contributed by atoms with Crippen LogP contribution in [-0.4, -0.2) is 6.21 Å². The molecular weight excluding hydrogens is 362 g/mol. The van der Waals surface area contributed by atoms with Crippen LogP contribution < -0.4 is 0 Å². The summed E-state index contributed by atoms with van der Waals surface area (Å²) in [4.78, 5) is 4.32. The molecule has 0 fully saturated rings. The highest BCUT2D eigenvalue weighted by Gasteiger charge is 2.13. The predicted molar refractivity (Wildman–Crippen MR) is 136 cm³/mol. The van der Waals surface area contributed by atoms with Crippen LogP contribution in [0.3, 0.4) is 0 Å². The first kappa shape index (κ1) is 23.6. The second-order valence-electron chi connectivity index (χ2n) is 7.95. The normalized spacial score (nSPS) is 17.3. The van der Waals surface area contributed by atoms with Gasteiger partial charge in [-0.15, -0.1) is 0 Å². The van der Waals surface area contributed by atoms with Crippen LogP contribution in [0, 0.1) is 6.92 Å². The molecule has 2 aromatic rings. The van der Waals surface area contributed by atoms with Crippen molar-refractivity contribution in [1.82, 2.24) is 0 Å². The van der Waals surface area contributed by atoms with Crippen LogP contribution in [0.4, 0.5) is 5.69 Å². The van der Waals surface area contributed by atoms with Crippen molar-refractivity contribution < 1.29 is 1.43 Å². The lowest BCUT2D eigenvalue weighted by Gasteiger charge is -2.12. The van der Waals surface area contributed by atoms with Gasteiger partial charge in [-0.2, -0.15) is 0 Å². The number of aryl methyl sites for hydroxylation is 1. The summed E-state index contributed by atoms with van der Waals surface area (Å²) in [5, 5.41) is 0. The summed E-state index contributed by atoms with van der Waals surface area (Å²) in [6.07, 6.45) is 13.3. The molecule has 1 nitrogen and oxygen atoms in total. The number of hydrogen-bond acceptors (Lipinski definition) is 1. The van der Waals surface area contributed by atoms with Gasteiger partial charge in [-0.3, -0.25) is 4.99 Å². The minimum atomic E-state index is 0. The smallest absolute Gasteiger partial charge is 0.0667 e. The van der Waals surface area contributed by atoms with Crippen molar-refractivity contribution in [2.45, 2.75) is 66.2 Å². The molecule has 0 radical (unpaired) electrons. The van der Waals surface area contributed by atoms with E-state index in [4.69, 9.17) is 0 Å². The van der Waals surface area contributed by atoms with Crippen LogP contribution in [0.15, 0.2) is 89.0 Å². The molecule has 0 aromatic heterocycles. The maximum Gasteiger partial charge on any atom is 0.0667 e. The maximum absolute atomic E-state index is 4.32. The molecule has 1 aliphatic heterocycles. The van der Waals surface area contributed by atoms with E-state index in [1.807, 2.05) is 20.1 Å². The summed E-state index contributed by atoms with van der Waals surface area (Å²) < 4.78 is 0. The Morgan fingerprint density at radius 2 is 1.80 bits per heavy atom. The number of benzene rings is 2. The van der Waals surface area contributed by atoms with Gasteiger partial charge >= 0.3 is 0 Å². The Morgan fingerprint density at radius 3 is 2.53 bits per heavy atom. The van der Waals surface area contributed by atoms with Crippen molar-refractivity contribution in [2.75, 3.05) is 0 Å². The van der Waals surface area contributed by atoms with Crippen molar-refractivity contribution in [3.63, 3.8) is 0 Å². The number of rotatable bonds is 3. The van der Waals surface area contributed by atoms with E-state index >= 15 is 0 Å². The molecule has 30 heavy (non-hydrogen) atoms. The highest BCUT2D eigenvalue weighted by Crippen LogP contribution is 2.32. The minimum absolute atomic E-state index is 0. The molecular formula is C29H39N. The maximum atomic E-state index is 4.32. The van der Waals surface area contributed by atoms with E-state index in [1.165, 1.54) is 27.8 Å². The Labute approximate surface area is 185 Å². The highest BCUT2D eigenvalue weighted by molar-refractivity contribution is 5.80. The summed E-state index contributed by atoms with van der Waals surface area (Å²) in [5.41, 5.74) is 8.04. The molecule has 1 heterocycles. The number of hydrogen-bond donors (Lipinski definition) is 0. The van der Waals surface area contributed by atoms with Gasteiger partial charge in [0.05, 0.1) is 5.69 Å². The van der Waals surface area contributed by atoms with Gasteiger partial charge in [0, 0.05) is 13.6 Å². The van der Waals surface area contributed by atoms with Crippen molar-refractivity contribution in [3.05, 3.63) is 101 Å². The SMILES string of the molecule is CC.CC1=CC(C[C@@H](C)c2ccccc2)=CCC=C1.Cc1ccc2c(c1)N=CC2C.[HH]. The fourth-order valence-electron chi connectivity index (χ4n) is 3.69. The summed E-state index contributed by atoms with van der Waals surface area (Å²) in [6, 6.07) is 17.2. The van der Waals surface area contributed by atoms with Gasteiger partial charge in [-0.05, 0) is 55.4 Å². The van der Waals surface area contributed by atoms with Crippen LogP contribution in [0.25, 0.3) is 0 Å². The molecule has 0 amide bonds. The lowest BCUT2D eigenvalue weighted by molar-refractivity contribution is 0.760. The van der Waals surface area contributed by atoms with Crippen LogP contribution in [0.5, 0.6) is 0 Å². The van der Waals surface area contributed by atoms with Gasteiger partial charge in [0.2, 0.25) is 0 Å². The van der Waals surface area contributed by atoms with Crippen LogP contribution in [0.2, 0.25) is 0 Å². The third-order valence-electron chi connectivity index (χ3n) is 5.33. The molecule has 0 saturated heterocycles. The molecule has 1 aliphatic carbocycles. The van der Waals surface area contributed by atoms with Crippen LogP contribution in [-0.2, 0) is 0 Å². The molecule has 160 valence electrons. The van der Waals surface area contributed by atoms with E-state index in [2.05, 4.69) is 106 Å². The van der Waals surface area contributed by atoms with Gasteiger partial charge in [0.15, 0.2) is 0 Å². The van der Waals surface area contributed by atoms with E-state index in [1.54, 1.807) is 0 Å². The Kier molecular flexibility index (Phi) is 9.54. The first-order valence-electron chi connectivity index (χ1n) is 11.3. The second-order valence-corrected chi connectivity index (χ2v) is 7.95.